The summed E-state index contributed by atoms with van der Waals surface area (Å²) in [5.41, 5.74) is 5.18. The van der Waals surface area contributed by atoms with Gasteiger partial charge in [0.2, 0.25) is 5.88 Å². The normalized spacial score (nSPS) is 14.8. The van der Waals surface area contributed by atoms with Crippen molar-refractivity contribution in [3.05, 3.63) is 29.6 Å². The van der Waals surface area contributed by atoms with Crippen LogP contribution in [0.1, 0.15) is 30.5 Å². The highest BCUT2D eigenvalue weighted by Gasteiger charge is 2.36. The first-order valence-corrected chi connectivity index (χ1v) is 9.81. The molecule has 0 radical (unpaired) electrons. The first-order chi connectivity index (χ1) is 14.7. The minimum Gasteiger partial charge on any atom is -0.477 e. The Labute approximate surface area is 178 Å². The van der Waals surface area contributed by atoms with E-state index in [1.807, 2.05) is 6.07 Å². The van der Waals surface area contributed by atoms with Crippen molar-refractivity contribution in [1.29, 1.82) is 5.26 Å². The molecule has 1 aliphatic heterocycles. The van der Waals surface area contributed by atoms with Crippen LogP contribution < -0.4 is 26.6 Å². The molecule has 3 rings (SSSR count). The van der Waals surface area contributed by atoms with E-state index < -0.39 is 17.6 Å². The molecular weight excluding hydrogens is 411 g/mol. The highest BCUT2D eigenvalue weighted by Crippen LogP contribution is 2.38. The van der Waals surface area contributed by atoms with Crippen molar-refractivity contribution in [1.82, 2.24) is 15.3 Å². The lowest BCUT2D eigenvalue weighted by molar-refractivity contribution is -0.139. The number of nitrogens with zero attached hydrogens (tertiary/aromatic N) is 4. The fourth-order valence-electron chi connectivity index (χ4n) is 3.47. The van der Waals surface area contributed by atoms with E-state index >= 15 is 0 Å². The van der Waals surface area contributed by atoms with Gasteiger partial charge in [-0.1, -0.05) is 0 Å². The van der Waals surface area contributed by atoms with Crippen molar-refractivity contribution >= 4 is 11.4 Å². The Morgan fingerprint density at radius 2 is 2.03 bits per heavy atom. The number of nitrogens with two attached hydrogens (primary N) is 2. The molecule has 11 heteroatoms. The Morgan fingerprint density at radius 1 is 1.32 bits per heavy atom. The van der Waals surface area contributed by atoms with Gasteiger partial charge in [-0.05, 0) is 50.4 Å². The monoisotopic (exact) mass is 435 g/mol. The second kappa shape index (κ2) is 9.36. The van der Waals surface area contributed by atoms with E-state index in [2.05, 4.69) is 15.3 Å². The molecule has 31 heavy (non-hydrogen) atoms. The van der Waals surface area contributed by atoms with Crippen LogP contribution in [0.4, 0.5) is 24.5 Å². The largest absolute Gasteiger partial charge is 0.477 e. The van der Waals surface area contributed by atoms with Crippen molar-refractivity contribution in [2.24, 2.45) is 11.8 Å². The second-order valence-corrected chi connectivity index (χ2v) is 7.42. The van der Waals surface area contributed by atoms with Crippen LogP contribution in [0.3, 0.4) is 0 Å². The van der Waals surface area contributed by atoms with Gasteiger partial charge in [0.15, 0.2) is 5.69 Å². The Kier molecular flexibility index (Phi) is 6.82. The van der Waals surface area contributed by atoms with E-state index in [0.717, 1.165) is 37.0 Å². The number of alkyl halides is 3. The zero-order chi connectivity index (χ0) is 22.6. The average molecular weight is 435 g/mol. The number of hydrazine groups is 1. The number of nitrogen functional groups attached to an aromatic ring is 1. The highest BCUT2D eigenvalue weighted by molar-refractivity contribution is 5.77. The highest BCUT2D eigenvalue weighted by atomic mass is 19.4. The standard InChI is InChI=1S/C20H24F3N7O/c1-30(26)17-9-15(29-16(10-24)18(17)25)13-8-14(20(21,22)23)19(28-11-13)31-7-4-12-2-5-27-6-3-12/h8-9,11-12,27H,2-7,25-26H2,1H3. The molecule has 1 saturated heterocycles. The molecule has 0 bridgehead atoms. The molecule has 1 fully saturated rings. The summed E-state index contributed by atoms with van der Waals surface area (Å²) in [7, 11) is 1.50. The van der Waals surface area contributed by atoms with E-state index in [0.29, 0.717) is 12.3 Å². The molecule has 5 N–H and O–H groups in total. The van der Waals surface area contributed by atoms with Gasteiger partial charge < -0.3 is 20.8 Å². The number of aromatic nitrogens is 2. The molecule has 0 unspecified atom stereocenters. The number of anilines is 2. The van der Waals surface area contributed by atoms with Gasteiger partial charge in [0.1, 0.15) is 11.6 Å². The summed E-state index contributed by atoms with van der Waals surface area (Å²) in [6.45, 7) is 1.97. The molecule has 0 spiro atoms. The van der Waals surface area contributed by atoms with Gasteiger partial charge in [-0.15, -0.1) is 0 Å². The van der Waals surface area contributed by atoms with Gasteiger partial charge in [0.05, 0.1) is 23.7 Å². The predicted molar refractivity (Wildman–Crippen MR) is 110 cm³/mol. The maximum atomic E-state index is 13.7. The molecule has 2 aromatic heterocycles. The number of nitriles is 1. The fraction of sp³-hybridized carbons (Fsp3) is 0.450. The Morgan fingerprint density at radius 3 is 2.65 bits per heavy atom. The SMILES string of the molecule is CN(N)c1cc(-c2cnc(OCCC3CCNCC3)c(C(F)(F)F)c2)nc(C#N)c1N. The first kappa shape index (κ1) is 22.6. The van der Waals surface area contributed by atoms with E-state index in [9.17, 15) is 18.4 Å². The minimum absolute atomic E-state index is 0.0399. The quantitative estimate of drug-likeness (QED) is 0.467. The third-order valence-corrected chi connectivity index (χ3v) is 5.20. The van der Waals surface area contributed by atoms with Gasteiger partial charge in [0.25, 0.3) is 0 Å². The third-order valence-electron chi connectivity index (χ3n) is 5.20. The Hall–Kier alpha value is -3.10. The smallest absolute Gasteiger partial charge is 0.421 e. The van der Waals surface area contributed by atoms with E-state index in [1.165, 1.54) is 19.3 Å². The first-order valence-electron chi connectivity index (χ1n) is 9.81. The van der Waals surface area contributed by atoms with Gasteiger partial charge in [-0.25, -0.2) is 15.8 Å². The average Bonchev–Trinajstić information content (AvgIpc) is 2.74. The van der Waals surface area contributed by atoms with Crippen molar-refractivity contribution < 1.29 is 17.9 Å². The molecule has 1 aliphatic rings. The van der Waals surface area contributed by atoms with Gasteiger partial charge in [-0.2, -0.15) is 18.4 Å². The summed E-state index contributed by atoms with van der Waals surface area (Å²) in [5, 5.41) is 13.7. The number of rotatable bonds is 6. The minimum atomic E-state index is -4.67. The molecule has 0 amide bonds. The molecule has 2 aromatic rings. The number of hydrogen-bond acceptors (Lipinski definition) is 8. The summed E-state index contributed by atoms with van der Waals surface area (Å²) < 4.78 is 46.5. The van der Waals surface area contributed by atoms with Crippen LogP contribution >= 0.6 is 0 Å². The van der Waals surface area contributed by atoms with Crippen LogP contribution in [0.5, 0.6) is 5.88 Å². The van der Waals surface area contributed by atoms with E-state index in [1.54, 1.807) is 0 Å². The molecule has 8 nitrogen and oxygen atoms in total. The van der Waals surface area contributed by atoms with Crippen molar-refractivity contribution in [3.63, 3.8) is 0 Å². The zero-order valence-corrected chi connectivity index (χ0v) is 17.0. The van der Waals surface area contributed by atoms with Crippen LogP contribution in [-0.2, 0) is 6.18 Å². The molecule has 0 aromatic carbocycles. The zero-order valence-electron chi connectivity index (χ0n) is 17.0. The predicted octanol–water partition coefficient (Wildman–Crippen LogP) is 2.69. The van der Waals surface area contributed by atoms with Crippen molar-refractivity contribution in [2.45, 2.75) is 25.4 Å². The lowest BCUT2D eigenvalue weighted by Crippen LogP contribution is -2.28. The Balaban J connectivity index is 1.89. The summed E-state index contributed by atoms with van der Waals surface area (Å²) in [6, 6.07) is 4.14. The summed E-state index contributed by atoms with van der Waals surface area (Å²) >= 11 is 0. The van der Waals surface area contributed by atoms with Crippen molar-refractivity contribution in [3.8, 4) is 23.2 Å². The maximum absolute atomic E-state index is 13.7. The second-order valence-electron chi connectivity index (χ2n) is 7.42. The van der Waals surface area contributed by atoms with Gasteiger partial charge in [0, 0.05) is 18.8 Å². The number of ether oxygens (including phenoxy) is 1. The van der Waals surface area contributed by atoms with Crippen molar-refractivity contribution in [2.75, 3.05) is 37.5 Å². The topological polar surface area (TPSA) is 126 Å². The van der Waals surface area contributed by atoms with Gasteiger partial charge >= 0.3 is 6.18 Å². The lowest BCUT2D eigenvalue weighted by atomic mass is 9.95. The summed E-state index contributed by atoms with van der Waals surface area (Å²) in [6.07, 6.45) is -0.825. The van der Waals surface area contributed by atoms with E-state index in [-0.39, 0.29) is 34.9 Å². The molecule has 0 saturated carbocycles. The van der Waals surface area contributed by atoms with Crippen LogP contribution in [0, 0.1) is 17.2 Å². The summed E-state index contributed by atoms with van der Waals surface area (Å²) in [4.78, 5) is 7.96. The maximum Gasteiger partial charge on any atom is 0.421 e. The molecule has 0 aliphatic carbocycles. The molecular formula is C20H24F3N7O. The van der Waals surface area contributed by atoms with Crippen LogP contribution in [-0.4, -0.2) is 36.7 Å². The Bertz CT molecular complexity index is 966. The number of piperidine rings is 1. The molecule has 166 valence electrons. The number of nitrogens with one attached hydrogen (secondary N) is 1. The fourth-order valence-corrected chi connectivity index (χ4v) is 3.47. The summed E-state index contributed by atoms with van der Waals surface area (Å²) in [5.74, 6) is 5.67. The molecule has 3 heterocycles. The van der Waals surface area contributed by atoms with Crippen LogP contribution in [0.2, 0.25) is 0 Å². The van der Waals surface area contributed by atoms with E-state index in [4.69, 9.17) is 16.3 Å². The number of hydrogen-bond donors (Lipinski definition) is 3. The third kappa shape index (κ3) is 5.34. The van der Waals surface area contributed by atoms with Crippen LogP contribution in [0.15, 0.2) is 18.3 Å². The lowest BCUT2D eigenvalue weighted by Gasteiger charge is -2.22. The number of halogens is 3. The van der Waals surface area contributed by atoms with Gasteiger partial charge in [-0.3, -0.25) is 0 Å². The van der Waals surface area contributed by atoms with Crippen LogP contribution in [0.25, 0.3) is 11.3 Å². The molecule has 0 atom stereocenters. The number of pyridine rings is 2.